The molecule has 3 aromatic rings. The van der Waals surface area contributed by atoms with Crippen LogP contribution in [0.2, 0.25) is 0 Å². The Kier molecular flexibility index (Phi) is 6.55. The Morgan fingerprint density at radius 2 is 1.96 bits per heavy atom. The first kappa shape index (κ1) is 18.8. The Bertz CT molecular complexity index is 864. The van der Waals surface area contributed by atoms with Gasteiger partial charge in [0.05, 0.1) is 18.2 Å². The molecule has 134 valence electrons. The topological polar surface area (TPSA) is 68.9 Å². The van der Waals surface area contributed by atoms with E-state index in [9.17, 15) is 4.79 Å². The molecule has 2 aromatic heterocycles. The maximum absolute atomic E-state index is 12.2. The smallest absolute Gasteiger partial charge is 0.156 e. The number of rotatable bonds is 8. The van der Waals surface area contributed by atoms with Crippen molar-refractivity contribution in [3.8, 4) is 22.4 Å². The summed E-state index contributed by atoms with van der Waals surface area (Å²) in [5.74, 6) is 0.961. The van der Waals surface area contributed by atoms with Crippen LogP contribution in [0, 0.1) is 0 Å². The molecular formula is C20H21N3OS2. The number of carbonyl (C=O) groups excluding carboxylic acids is 1. The van der Waals surface area contributed by atoms with Crippen molar-refractivity contribution in [1.82, 2.24) is 9.97 Å². The molecule has 0 aliphatic carbocycles. The van der Waals surface area contributed by atoms with Gasteiger partial charge in [-0.1, -0.05) is 18.2 Å². The van der Waals surface area contributed by atoms with Crippen LogP contribution >= 0.6 is 23.1 Å². The van der Waals surface area contributed by atoms with E-state index < -0.39 is 6.04 Å². The number of aromatic nitrogens is 2. The highest BCUT2D eigenvalue weighted by Crippen LogP contribution is 2.27. The van der Waals surface area contributed by atoms with Crippen LogP contribution in [-0.2, 0) is 11.2 Å². The molecule has 2 N–H and O–H groups in total. The van der Waals surface area contributed by atoms with E-state index in [0.29, 0.717) is 12.8 Å². The van der Waals surface area contributed by atoms with Crippen LogP contribution < -0.4 is 5.73 Å². The van der Waals surface area contributed by atoms with Gasteiger partial charge >= 0.3 is 0 Å². The maximum Gasteiger partial charge on any atom is 0.156 e. The quantitative estimate of drug-likeness (QED) is 0.635. The van der Waals surface area contributed by atoms with Gasteiger partial charge in [0.2, 0.25) is 0 Å². The van der Waals surface area contributed by atoms with E-state index in [2.05, 4.69) is 22.1 Å². The molecule has 6 heteroatoms. The summed E-state index contributed by atoms with van der Waals surface area (Å²) < 4.78 is 0. The molecule has 4 nitrogen and oxygen atoms in total. The highest BCUT2D eigenvalue weighted by Gasteiger charge is 2.16. The zero-order valence-corrected chi connectivity index (χ0v) is 16.2. The third-order valence-corrected chi connectivity index (χ3v) is 5.59. The van der Waals surface area contributed by atoms with Gasteiger partial charge in [0, 0.05) is 23.3 Å². The molecule has 0 amide bonds. The first-order chi connectivity index (χ1) is 12.7. The molecule has 0 fully saturated rings. The van der Waals surface area contributed by atoms with Crippen LogP contribution in [0.1, 0.15) is 11.4 Å². The van der Waals surface area contributed by atoms with Crippen LogP contribution in [0.15, 0.2) is 54.2 Å². The van der Waals surface area contributed by atoms with Crippen molar-refractivity contribution in [2.45, 2.75) is 18.9 Å². The number of nitrogens with two attached hydrogens (primary N) is 1. The molecule has 0 saturated carbocycles. The summed E-state index contributed by atoms with van der Waals surface area (Å²) in [5, 5.41) is 2.82. The number of hydrogen-bond donors (Lipinski definition) is 1. The van der Waals surface area contributed by atoms with Crippen molar-refractivity contribution in [2.24, 2.45) is 5.73 Å². The van der Waals surface area contributed by atoms with E-state index >= 15 is 0 Å². The number of Topliss-reactive ketones (excluding diaryl/α,β-unsaturated/α-hetero) is 1. The molecule has 0 unspecified atom stereocenters. The van der Waals surface area contributed by atoms with E-state index in [1.165, 1.54) is 11.3 Å². The molecule has 1 atom stereocenters. The van der Waals surface area contributed by atoms with Crippen molar-refractivity contribution in [3.05, 3.63) is 59.2 Å². The van der Waals surface area contributed by atoms with Crippen LogP contribution in [-0.4, -0.2) is 33.8 Å². The molecule has 0 aliphatic heterocycles. The molecule has 0 bridgehead atoms. The predicted molar refractivity (Wildman–Crippen MR) is 110 cm³/mol. The van der Waals surface area contributed by atoms with Gasteiger partial charge in [-0.25, -0.2) is 4.98 Å². The van der Waals surface area contributed by atoms with E-state index in [0.717, 1.165) is 33.1 Å². The van der Waals surface area contributed by atoms with Crippen molar-refractivity contribution in [2.75, 3.05) is 12.0 Å². The lowest BCUT2D eigenvalue weighted by Gasteiger charge is -2.08. The molecule has 2 heterocycles. The van der Waals surface area contributed by atoms with Gasteiger partial charge < -0.3 is 5.73 Å². The second-order valence-electron chi connectivity index (χ2n) is 5.97. The summed E-state index contributed by atoms with van der Waals surface area (Å²) >= 11 is 3.22. The minimum Gasteiger partial charge on any atom is -0.321 e. The summed E-state index contributed by atoms with van der Waals surface area (Å²) in [6.45, 7) is 0. The van der Waals surface area contributed by atoms with Crippen molar-refractivity contribution >= 4 is 28.9 Å². The minimum absolute atomic E-state index is 0.0606. The Hall–Kier alpha value is -2.02. The molecule has 3 rings (SSSR count). The average molecular weight is 384 g/mol. The zero-order chi connectivity index (χ0) is 18.4. The number of nitrogens with zero attached hydrogens (tertiary/aromatic N) is 2. The number of thiazole rings is 1. The lowest BCUT2D eigenvalue weighted by molar-refractivity contribution is -0.119. The third-order valence-electron chi connectivity index (χ3n) is 4.10. The van der Waals surface area contributed by atoms with Crippen LogP contribution in [0.5, 0.6) is 0 Å². The fraction of sp³-hybridized carbons (Fsp3) is 0.250. The molecular weight excluding hydrogens is 362 g/mol. The summed E-state index contributed by atoms with van der Waals surface area (Å²) in [6, 6.07) is 11.8. The SMILES string of the molecule is CSCC[C@H](N)C(=O)Cc1nc(-c2cccc(-c3ccncc3)c2)cs1. The van der Waals surface area contributed by atoms with Gasteiger partial charge in [0.15, 0.2) is 5.78 Å². The highest BCUT2D eigenvalue weighted by molar-refractivity contribution is 7.98. The molecule has 0 radical (unpaired) electrons. The number of ketones is 1. The summed E-state index contributed by atoms with van der Waals surface area (Å²) in [6.07, 6.45) is 6.62. The van der Waals surface area contributed by atoms with E-state index in [1.54, 1.807) is 24.2 Å². The van der Waals surface area contributed by atoms with E-state index in [4.69, 9.17) is 5.73 Å². The normalized spacial score (nSPS) is 12.1. The minimum atomic E-state index is -0.398. The Morgan fingerprint density at radius 1 is 1.19 bits per heavy atom. The first-order valence-corrected chi connectivity index (χ1v) is 10.7. The second kappa shape index (κ2) is 9.07. The maximum atomic E-state index is 12.2. The zero-order valence-electron chi connectivity index (χ0n) is 14.6. The Balaban J connectivity index is 1.73. The van der Waals surface area contributed by atoms with Crippen molar-refractivity contribution in [3.63, 3.8) is 0 Å². The Labute approximate surface area is 161 Å². The second-order valence-corrected chi connectivity index (χ2v) is 7.90. The molecule has 1 aromatic carbocycles. The van der Waals surface area contributed by atoms with Crippen LogP contribution in [0.4, 0.5) is 0 Å². The average Bonchev–Trinajstić information content (AvgIpc) is 3.15. The highest BCUT2D eigenvalue weighted by atomic mass is 32.2. The first-order valence-electron chi connectivity index (χ1n) is 8.40. The van der Waals surface area contributed by atoms with Crippen LogP contribution in [0.3, 0.4) is 0 Å². The fourth-order valence-corrected chi connectivity index (χ4v) is 3.92. The standard InChI is InChI=1S/C20H21N3OS2/c1-25-10-7-17(21)19(24)12-20-23-18(13-26-20)16-4-2-3-15(11-16)14-5-8-22-9-6-14/h2-6,8-9,11,13,17H,7,10,12,21H2,1H3/t17-/m0/s1. The van der Waals surface area contributed by atoms with Gasteiger partial charge in [0.1, 0.15) is 5.01 Å². The van der Waals surface area contributed by atoms with Gasteiger partial charge in [0.25, 0.3) is 0 Å². The van der Waals surface area contributed by atoms with Gasteiger partial charge in [-0.15, -0.1) is 11.3 Å². The van der Waals surface area contributed by atoms with E-state index in [1.807, 2.05) is 35.9 Å². The van der Waals surface area contributed by atoms with Crippen molar-refractivity contribution in [1.29, 1.82) is 0 Å². The van der Waals surface area contributed by atoms with E-state index in [-0.39, 0.29) is 5.78 Å². The summed E-state index contributed by atoms with van der Waals surface area (Å²) in [7, 11) is 0. The third kappa shape index (κ3) is 4.78. The number of thioether (sulfide) groups is 1. The fourth-order valence-electron chi connectivity index (χ4n) is 2.61. The van der Waals surface area contributed by atoms with Crippen molar-refractivity contribution < 1.29 is 4.79 Å². The lowest BCUT2D eigenvalue weighted by Crippen LogP contribution is -2.32. The molecule has 0 aliphatic rings. The molecule has 0 saturated heterocycles. The lowest BCUT2D eigenvalue weighted by atomic mass is 10.0. The Morgan fingerprint density at radius 3 is 2.73 bits per heavy atom. The predicted octanol–water partition coefficient (Wildman–Crippen LogP) is 4.06. The number of hydrogen-bond acceptors (Lipinski definition) is 6. The van der Waals surface area contributed by atoms with Gasteiger partial charge in [-0.05, 0) is 47.8 Å². The molecule has 26 heavy (non-hydrogen) atoms. The number of pyridine rings is 1. The summed E-state index contributed by atoms with van der Waals surface area (Å²) in [5.41, 5.74) is 10.1. The number of carbonyl (C=O) groups is 1. The van der Waals surface area contributed by atoms with Gasteiger partial charge in [-0.2, -0.15) is 11.8 Å². The number of benzene rings is 1. The van der Waals surface area contributed by atoms with Crippen LogP contribution in [0.25, 0.3) is 22.4 Å². The van der Waals surface area contributed by atoms with Gasteiger partial charge in [-0.3, -0.25) is 9.78 Å². The summed E-state index contributed by atoms with van der Waals surface area (Å²) in [4.78, 5) is 20.9. The molecule has 0 spiro atoms. The largest absolute Gasteiger partial charge is 0.321 e. The monoisotopic (exact) mass is 383 g/mol.